The molecule has 0 aromatic heterocycles. The molecule has 1 spiro atoms. The van der Waals surface area contributed by atoms with Crippen molar-refractivity contribution in [2.24, 2.45) is 11.8 Å². The van der Waals surface area contributed by atoms with Gasteiger partial charge in [0.1, 0.15) is 47.8 Å². The molecule has 1 aromatic rings. The molecule has 2 aliphatic carbocycles. The number of alkyl halides is 3. The number of ether oxygens (including phenoxy) is 1. The van der Waals surface area contributed by atoms with E-state index in [0.29, 0.717) is 70.9 Å². The first kappa shape index (κ1) is 77.9. The number of benzene rings is 1. The molecule has 1 aromatic carbocycles. The van der Waals surface area contributed by atoms with Crippen LogP contribution < -0.4 is 16.0 Å². The number of likely N-dealkylation sites (tertiary alicyclic amines) is 1. The lowest BCUT2D eigenvalue weighted by atomic mass is 9.81. The van der Waals surface area contributed by atoms with Gasteiger partial charge in [-0.15, -0.1) is 0 Å². The van der Waals surface area contributed by atoms with E-state index < -0.39 is 173 Å². The van der Waals surface area contributed by atoms with E-state index in [-0.39, 0.29) is 63.8 Å². The van der Waals surface area contributed by atoms with Gasteiger partial charge in [-0.05, 0) is 107 Å². The maximum absolute atomic E-state index is 15.6. The van der Waals surface area contributed by atoms with Crippen LogP contribution in [0.2, 0.25) is 5.02 Å². The molecule has 5 aliphatic rings. The van der Waals surface area contributed by atoms with Gasteiger partial charge in [0, 0.05) is 75.6 Å². The molecule has 0 bridgehead atoms. The average molecular weight is 1380 g/mol. The maximum Gasteiger partial charge on any atom is 0.417 e. The Morgan fingerprint density at radius 3 is 1.90 bits per heavy atom. The van der Waals surface area contributed by atoms with E-state index in [4.69, 9.17) is 16.3 Å². The highest BCUT2D eigenvalue weighted by molar-refractivity contribution is 6.31. The van der Waals surface area contributed by atoms with Gasteiger partial charge in [-0.2, -0.15) is 13.2 Å². The van der Waals surface area contributed by atoms with Crippen LogP contribution >= 0.6 is 11.6 Å². The standard InChI is InChI=1S/C67H102ClF3N12O13/c1-12-35-96-41-51-61(91)76(6)38-52(84)72-47(29-27-43-26-28-45(46(68)36-43)67(69,70)71)60(90)83-34-22-25-49(83)59(89)74-66(30-18-19-31-66)65(95)81(11)57(44-23-16-15-17-24-44)64(94)80(10)50(62(92)82-32-20-21-33-82)37-53(85)78(8)48(14-3)58(88)73-56(42(4)13-2)63(93)77(7)39-54(86)75(5)40-55(87)79(51)9/h26,28,36,42,44,47-51,56-57H,12-25,27,29-35,37-41H2,1-11H3,(H,72,84)(H,73,88)(H,74,89)/t42-,47-,48-,49-,50-,51-,56-,57-/m0/s1. The number of rotatable bonds is 12. The minimum atomic E-state index is -4.76. The zero-order chi connectivity index (χ0) is 71.1. The second kappa shape index (κ2) is 34.9. The van der Waals surface area contributed by atoms with Crippen molar-refractivity contribution >= 4 is 82.5 Å². The third-order valence-electron chi connectivity index (χ3n) is 20.1. The van der Waals surface area contributed by atoms with E-state index in [1.165, 1.54) is 75.0 Å². The number of fused-ring (bicyclic) bond motifs is 1. The number of carbonyl (C=O) groups excluding carboxylic acids is 12. The van der Waals surface area contributed by atoms with Gasteiger partial charge in [-0.25, -0.2) is 0 Å². The fourth-order valence-electron chi connectivity index (χ4n) is 13.9. The van der Waals surface area contributed by atoms with Crippen LogP contribution in [-0.4, -0.2) is 265 Å². The number of carbonyl (C=O) groups is 12. The molecule has 536 valence electrons. The minimum absolute atomic E-state index is 0.0231. The van der Waals surface area contributed by atoms with Crippen molar-refractivity contribution in [2.45, 2.75) is 204 Å². The van der Waals surface area contributed by atoms with Gasteiger partial charge in [0.05, 0.1) is 43.2 Å². The van der Waals surface area contributed by atoms with Crippen LogP contribution in [0.15, 0.2) is 18.2 Å². The Hall–Kier alpha value is -7.10. The zero-order valence-electron chi connectivity index (χ0n) is 57.9. The van der Waals surface area contributed by atoms with Crippen LogP contribution in [0.3, 0.4) is 0 Å². The Morgan fingerprint density at radius 2 is 1.29 bits per heavy atom. The van der Waals surface area contributed by atoms with Crippen molar-refractivity contribution in [2.75, 3.05) is 102 Å². The van der Waals surface area contributed by atoms with Crippen LogP contribution in [0, 0.1) is 11.8 Å². The molecule has 8 atom stereocenters. The summed E-state index contributed by atoms with van der Waals surface area (Å²) in [5, 5.41) is 8.00. The molecule has 29 heteroatoms. The molecule has 3 N–H and O–H groups in total. The van der Waals surface area contributed by atoms with Crippen molar-refractivity contribution in [3.8, 4) is 0 Å². The van der Waals surface area contributed by atoms with E-state index in [1.54, 1.807) is 18.7 Å². The second-order valence-electron chi connectivity index (χ2n) is 26.9. The summed E-state index contributed by atoms with van der Waals surface area (Å²) in [4.78, 5) is 188. The second-order valence-corrected chi connectivity index (χ2v) is 27.3. The molecule has 3 heterocycles. The number of nitrogens with zero attached hydrogens (tertiary/aromatic N) is 9. The molecule has 3 saturated heterocycles. The Morgan fingerprint density at radius 1 is 0.667 bits per heavy atom. The van der Waals surface area contributed by atoms with Gasteiger partial charge < -0.3 is 64.8 Å². The number of nitrogens with one attached hydrogen (secondary N) is 3. The molecular weight excluding hydrogens is 1270 g/mol. The summed E-state index contributed by atoms with van der Waals surface area (Å²) in [5.74, 6) is -9.05. The molecule has 5 fully saturated rings. The van der Waals surface area contributed by atoms with E-state index in [0.717, 1.165) is 51.0 Å². The van der Waals surface area contributed by atoms with Crippen LogP contribution in [0.4, 0.5) is 13.2 Å². The van der Waals surface area contributed by atoms with E-state index >= 15 is 19.2 Å². The highest BCUT2D eigenvalue weighted by atomic mass is 35.5. The van der Waals surface area contributed by atoms with Crippen molar-refractivity contribution in [3.63, 3.8) is 0 Å². The quantitative estimate of drug-likeness (QED) is 0.251. The highest BCUT2D eigenvalue weighted by Gasteiger charge is 2.51. The van der Waals surface area contributed by atoms with Gasteiger partial charge in [-0.3, -0.25) is 57.5 Å². The molecule has 6 rings (SSSR count). The number of hydrogen-bond donors (Lipinski definition) is 3. The molecule has 2 saturated carbocycles. The molecule has 25 nitrogen and oxygen atoms in total. The summed E-state index contributed by atoms with van der Waals surface area (Å²) >= 11 is 6.12. The highest BCUT2D eigenvalue weighted by Crippen LogP contribution is 2.38. The number of aryl methyl sites for hydroxylation is 1. The molecule has 3 aliphatic heterocycles. The molecule has 96 heavy (non-hydrogen) atoms. The normalized spacial score (nSPS) is 26.2. The molecule has 12 amide bonds. The summed E-state index contributed by atoms with van der Waals surface area (Å²) in [6.07, 6.45) is 2.00. The van der Waals surface area contributed by atoms with E-state index in [1.807, 2.05) is 13.8 Å². The number of halogens is 4. The molecule has 0 unspecified atom stereocenters. The van der Waals surface area contributed by atoms with Crippen LogP contribution in [-0.2, 0) is 74.9 Å². The topological polar surface area (TPSA) is 279 Å². The summed E-state index contributed by atoms with van der Waals surface area (Å²) in [6, 6.07) is -5.85. The maximum atomic E-state index is 15.6. The minimum Gasteiger partial charge on any atom is -0.379 e. The van der Waals surface area contributed by atoms with Crippen molar-refractivity contribution < 1.29 is 75.4 Å². The van der Waals surface area contributed by atoms with Crippen molar-refractivity contribution in [1.82, 2.24) is 60.0 Å². The number of likely N-dealkylation sites (N-methyl/N-ethyl adjacent to an activating group) is 7. The van der Waals surface area contributed by atoms with E-state index in [2.05, 4.69) is 16.0 Å². The summed E-state index contributed by atoms with van der Waals surface area (Å²) in [5.41, 5.74) is -2.37. The van der Waals surface area contributed by atoms with Gasteiger partial charge >= 0.3 is 6.18 Å². The third-order valence-corrected chi connectivity index (χ3v) is 20.4. The van der Waals surface area contributed by atoms with Crippen LogP contribution in [0.25, 0.3) is 0 Å². The average Bonchev–Trinajstić information content (AvgIpc) is 1.41. The Balaban J connectivity index is 1.41. The smallest absolute Gasteiger partial charge is 0.379 e. The van der Waals surface area contributed by atoms with Crippen LogP contribution in [0.5, 0.6) is 0 Å². The van der Waals surface area contributed by atoms with Gasteiger partial charge in [0.15, 0.2) is 0 Å². The predicted octanol–water partition coefficient (Wildman–Crippen LogP) is 3.85. The molecule has 0 radical (unpaired) electrons. The predicted molar refractivity (Wildman–Crippen MR) is 350 cm³/mol. The van der Waals surface area contributed by atoms with Gasteiger partial charge in [0.25, 0.3) is 0 Å². The van der Waals surface area contributed by atoms with Crippen molar-refractivity contribution in [1.29, 1.82) is 0 Å². The number of amides is 12. The van der Waals surface area contributed by atoms with E-state index in [9.17, 15) is 51.5 Å². The monoisotopic (exact) mass is 1370 g/mol. The fraction of sp³-hybridized carbons (Fsp3) is 0.731. The zero-order valence-corrected chi connectivity index (χ0v) is 58.6. The summed E-state index contributed by atoms with van der Waals surface area (Å²) in [7, 11) is 9.64. The third kappa shape index (κ3) is 19.2. The lowest BCUT2D eigenvalue weighted by Gasteiger charge is -2.43. The first-order valence-electron chi connectivity index (χ1n) is 34.1. The SMILES string of the molecule is CCCOC[C@H]1C(=O)N(C)CC(=O)N[C@@H](CCc2ccc(C(F)(F)F)c(Cl)c2)C(=O)N2CCC[C@H]2C(=O)NC2(CCCC2)C(=O)N(C)[C@@H](C2CCCCC2)C(=O)N(C)[C@H](C(=O)N2CCCC2)CC(=O)N(C)[C@@H](CC)C(=O)N[C@@H]([C@@H](C)CC)C(=O)N(C)CC(=O)N(C)CC(=O)N1C. The Labute approximate surface area is 567 Å². The van der Waals surface area contributed by atoms with Crippen LogP contribution in [0.1, 0.15) is 154 Å². The number of hydrogen-bond acceptors (Lipinski definition) is 13. The van der Waals surface area contributed by atoms with Crippen molar-refractivity contribution in [3.05, 3.63) is 34.3 Å². The Bertz CT molecular complexity index is 2980. The first-order valence-corrected chi connectivity index (χ1v) is 34.4. The molecular formula is C67H102ClF3N12O13. The van der Waals surface area contributed by atoms with Gasteiger partial charge in [-0.1, -0.05) is 83.9 Å². The largest absolute Gasteiger partial charge is 0.417 e. The van der Waals surface area contributed by atoms with Gasteiger partial charge in [0.2, 0.25) is 70.9 Å². The Kier molecular flexibility index (Phi) is 28.3. The first-order chi connectivity index (χ1) is 45.3. The summed E-state index contributed by atoms with van der Waals surface area (Å²) < 4.78 is 47.2. The summed E-state index contributed by atoms with van der Waals surface area (Å²) in [6.45, 7) is 5.83. The lowest BCUT2D eigenvalue weighted by molar-refractivity contribution is -0.156. The lowest BCUT2D eigenvalue weighted by Crippen LogP contribution is -2.65. The fourth-order valence-corrected chi connectivity index (χ4v) is 14.3.